The van der Waals surface area contributed by atoms with Crippen molar-refractivity contribution in [3.05, 3.63) is 47.4 Å². The fourth-order valence-electron chi connectivity index (χ4n) is 3.35. The molecule has 1 N–H and O–H groups in total. The molecular weight excluding hydrogens is 304 g/mol. The van der Waals surface area contributed by atoms with E-state index in [9.17, 15) is 4.79 Å². The van der Waals surface area contributed by atoms with Crippen LogP contribution in [-0.4, -0.2) is 41.6 Å². The molecule has 0 spiro atoms. The van der Waals surface area contributed by atoms with E-state index in [1.807, 2.05) is 37.3 Å². The van der Waals surface area contributed by atoms with Crippen LogP contribution in [-0.2, 0) is 6.42 Å². The number of hydrogen-bond acceptors (Lipinski definition) is 5. The molecule has 1 aromatic carbocycles. The van der Waals surface area contributed by atoms with Gasteiger partial charge < -0.3 is 15.0 Å². The highest BCUT2D eigenvalue weighted by Crippen LogP contribution is 2.28. The topological polar surface area (TPSA) is 67.3 Å². The van der Waals surface area contributed by atoms with Crippen molar-refractivity contribution in [2.24, 2.45) is 0 Å². The van der Waals surface area contributed by atoms with Crippen molar-refractivity contribution < 1.29 is 9.53 Å². The summed E-state index contributed by atoms with van der Waals surface area (Å²) in [6.45, 7) is 4.13. The summed E-state index contributed by atoms with van der Waals surface area (Å²) in [4.78, 5) is 23.2. The minimum absolute atomic E-state index is 0.0979. The van der Waals surface area contributed by atoms with Crippen molar-refractivity contribution in [3.63, 3.8) is 0 Å². The van der Waals surface area contributed by atoms with Crippen LogP contribution in [0, 0.1) is 6.92 Å². The Morgan fingerprint density at radius 1 is 1.25 bits per heavy atom. The van der Waals surface area contributed by atoms with E-state index in [2.05, 4.69) is 20.2 Å². The van der Waals surface area contributed by atoms with E-state index in [0.29, 0.717) is 18.1 Å². The second-order valence-electron chi connectivity index (χ2n) is 6.22. The summed E-state index contributed by atoms with van der Waals surface area (Å²) in [5.41, 5.74) is 1.49. The summed E-state index contributed by atoms with van der Waals surface area (Å²) in [5.74, 6) is 2.32. The van der Waals surface area contributed by atoms with Crippen LogP contribution in [0.1, 0.15) is 28.3 Å². The molecule has 1 aromatic heterocycles. The van der Waals surface area contributed by atoms with E-state index in [1.165, 1.54) is 0 Å². The van der Waals surface area contributed by atoms with Gasteiger partial charge in [-0.25, -0.2) is 9.97 Å². The van der Waals surface area contributed by atoms with Gasteiger partial charge in [-0.15, -0.1) is 0 Å². The highest BCUT2D eigenvalue weighted by molar-refractivity contribution is 5.96. The van der Waals surface area contributed by atoms with Crippen LogP contribution in [0.3, 0.4) is 0 Å². The molecule has 2 aromatic rings. The third kappa shape index (κ3) is 2.79. The number of carbonyl (C=O) groups is 1. The molecule has 0 aliphatic carbocycles. The molecule has 24 heavy (non-hydrogen) atoms. The molecule has 6 heteroatoms. The standard InChI is InChI=1S/C18H20N4O2/c1-12-20-16-15(7-9-19-18(16)23)17(21-12)22-10-8-14(11-22)24-13-5-3-2-4-6-13/h2-6,14H,7-11H2,1H3,(H,19,23)/t14-/m1/s1. The van der Waals surface area contributed by atoms with Crippen molar-refractivity contribution in [1.82, 2.24) is 15.3 Å². The van der Waals surface area contributed by atoms with Crippen LogP contribution in [0.5, 0.6) is 5.75 Å². The number of fused-ring (bicyclic) bond motifs is 1. The van der Waals surface area contributed by atoms with Crippen molar-refractivity contribution in [2.45, 2.75) is 25.9 Å². The number of para-hydroxylation sites is 1. The van der Waals surface area contributed by atoms with Gasteiger partial charge in [-0.05, 0) is 25.5 Å². The van der Waals surface area contributed by atoms with Gasteiger partial charge in [0.1, 0.15) is 29.2 Å². The van der Waals surface area contributed by atoms with E-state index >= 15 is 0 Å². The number of benzene rings is 1. The summed E-state index contributed by atoms with van der Waals surface area (Å²) in [6.07, 6.45) is 1.85. The highest BCUT2D eigenvalue weighted by Gasteiger charge is 2.30. The Morgan fingerprint density at radius 2 is 2.08 bits per heavy atom. The number of hydrogen-bond donors (Lipinski definition) is 1. The number of anilines is 1. The van der Waals surface area contributed by atoms with Crippen molar-refractivity contribution in [1.29, 1.82) is 0 Å². The molecular formula is C18H20N4O2. The van der Waals surface area contributed by atoms with Crippen LogP contribution in [0.4, 0.5) is 5.82 Å². The van der Waals surface area contributed by atoms with E-state index in [1.54, 1.807) is 0 Å². The average molecular weight is 324 g/mol. The number of carbonyl (C=O) groups excluding carboxylic acids is 1. The fraction of sp³-hybridized carbons (Fsp3) is 0.389. The largest absolute Gasteiger partial charge is 0.489 e. The van der Waals surface area contributed by atoms with Gasteiger partial charge in [-0.3, -0.25) is 4.79 Å². The SMILES string of the molecule is Cc1nc2c(c(N3CC[C@@H](Oc4ccccc4)C3)n1)CCNC2=O. The minimum atomic E-state index is -0.0979. The predicted octanol–water partition coefficient (Wildman–Crippen LogP) is 1.73. The van der Waals surface area contributed by atoms with Gasteiger partial charge >= 0.3 is 0 Å². The summed E-state index contributed by atoms with van der Waals surface area (Å²) >= 11 is 0. The number of nitrogens with one attached hydrogen (secondary N) is 1. The highest BCUT2D eigenvalue weighted by atomic mass is 16.5. The second kappa shape index (κ2) is 6.11. The maximum atomic E-state index is 12.1. The Labute approximate surface area is 140 Å². The second-order valence-corrected chi connectivity index (χ2v) is 6.22. The van der Waals surface area contributed by atoms with Gasteiger partial charge in [-0.1, -0.05) is 18.2 Å². The summed E-state index contributed by atoms with van der Waals surface area (Å²) in [7, 11) is 0. The summed E-state index contributed by atoms with van der Waals surface area (Å²) in [5, 5.41) is 2.85. The molecule has 0 radical (unpaired) electrons. The maximum Gasteiger partial charge on any atom is 0.270 e. The van der Waals surface area contributed by atoms with Crippen LogP contribution < -0.4 is 15.0 Å². The van der Waals surface area contributed by atoms with Crippen LogP contribution in [0.15, 0.2) is 30.3 Å². The van der Waals surface area contributed by atoms with Gasteiger partial charge in [0.05, 0.1) is 6.54 Å². The number of aromatic nitrogens is 2. The van der Waals surface area contributed by atoms with E-state index in [-0.39, 0.29) is 12.0 Å². The van der Waals surface area contributed by atoms with E-state index in [4.69, 9.17) is 4.74 Å². The number of rotatable bonds is 3. The fourth-order valence-corrected chi connectivity index (χ4v) is 3.35. The van der Waals surface area contributed by atoms with Gasteiger partial charge in [0.2, 0.25) is 0 Å². The molecule has 2 aliphatic heterocycles. The smallest absolute Gasteiger partial charge is 0.270 e. The minimum Gasteiger partial charge on any atom is -0.489 e. The first-order valence-corrected chi connectivity index (χ1v) is 8.33. The number of amides is 1. The van der Waals surface area contributed by atoms with E-state index < -0.39 is 0 Å². The molecule has 1 saturated heterocycles. The number of aryl methyl sites for hydroxylation is 1. The molecule has 1 atom stereocenters. The third-order valence-corrected chi connectivity index (χ3v) is 4.46. The van der Waals surface area contributed by atoms with Crippen molar-refractivity contribution >= 4 is 11.7 Å². The molecule has 6 nitrogen and oxygen atoms in total. The zero-order valence-electron chi connectivity index (χ0n) is 13.7. The lowest BCUT2D eigenvalue weighted by Crippen LogP contribution is -2.36. The molecule has 0 bridgehead atoms. The van der Waals surface area contributed by atoms with Gasteiger partial charge in [0.25, 0.3) is 5.91 Å². The Balaban J connectivity index is 1.56. The number of ether oxygens (including phenoxy) is 1. The predicted molar refractivity (Wildman–Crippen MR) is 90.5 cm³/mol. The molecule has 3 heterocycles. The molecule has 0 unspecified atom stereocenters. The molecule has 2 aliphatic rings. The summed E-state index contributed by atoms with van der Waals surface area (Å²) in [6, 6.07) is 9.89. The van der Waals surface area contributed by atoms with Gasteiger partial charge in [-0.2, -0.15) is 0 Å². The van der Waals surface area contributed by atoms with Gasteiger partial charge in [0.15, 0.2) is 0 Å². The molecule has 124 valence electrons. The van der Waals surface area contributed by atoms with Crippen LogP contribution in [0.25, 0.3) is 0 Å². The molecule has 1 amide bonds. The average Bonchev–Trinajstić information content (AvgIpc) is 3.04. The summed E-state index contributed by atoms with van der Waals surface area (Å²) < 4.78 is 6.06. The molecule has 0 saturated carbocycles. The van der Waals surface area contributed by atoms with Crippen molar-refractivity contribution in [2.75, 3.05) is 24.5 Å². The Hall–Kier alpha value is -2.63. The van der Waals surface area contributed by atoms with Crippen LogP contribution in [0.2, 0.25) is 0 Å². The van der Waals surface area contributed by atoms with Crippen LogP contribution >= 0.6 is 0 Å². The Bertz CT molecular complexity index is 763. The number of nitrogens with zero attached hydrogens (tertiary/aromatic N) is 3. The lowest BCUT2D eigenvalue weighted by Gasteiger charge is -2.25. The lowest BCUT2D eigenvalue weighted by atomic mass is 10.1. The molecule has 1 fully saturated rings. The zero-order valence-corrected chi connectivity index (χ0v) is 13.7. The van der Waals surface area contributed by atoms with Crippen molar-refractivity contribution in [3.8, 4) is 5.75 Å². The zero-order chi connectivity index (χ0) is 16.5. The first kappa shape index (κ1) is 14.9. The Kier molecular flexibility index (Phi) is 3.80. The lowest BCUT2D eigenvalue weighted by molar-refractivity contribution is 0.0940. The Morgan fingerprint density at radius 3 is 2.92 bits per heavy atom. The quantitative estimate of drug-likeness (QED) is 0.931. The maximum absolute atomic E-state index is 12.1. The molecule has 4 rings (SSSR count). The first-order valence-electron chi connectivity index (χ1n) is 8.33. The first-order chi connectivity index (χ1) is 11.7. The monoisotopic (exact) mass is 324 g/mol. The van der Waals surface area contributed by atoms with Gasteiger partial charge in [0, 0.05) is 25.1 Å². The normalized spacial score (nSPS) is 19.8. The van der Waals surface area contributed by atoms with E-state index in [0.717, 1.165) is 43.1 Å². The third-order valence-electron chi connectivity index (χ3n) is 4.46.